The number of non-ortho nitro benzene ring substituents is 1. The second-order valence-electron chi connectivity index (χ2n) is 4.20. The lowest BCUT2D eigenvalue weighted by Crippen LogP contribution is -2.02. The standard InChI is InChI=1S/C14H11ClFNO4/c15-12-2-1-3-13(16)11(12)8-21-14-5-4-10(17(19)20)6-9(14)7-18/h1-6,18H,7-8H2. The molecule has 0 amide bonds. The van der Waals surface area contributed by atoms with Crippen molar-refractivity contribution in [2.24, 2.45) is 0 Å². The van der Waals surface area contributed by atoms with E-state index in [0.717, 1.165) is 0 Å². The molecule has 0 aliphatic carbocycles. The molecule has 0 radical (unpaired) electrons. The van der Waals surface area contributed by atoms with Crippen LogP contribution in [0.25, 0.3) is 0 Å². The number of hydrogen-bond acceptors (Lipinski definition) is 4. The van der Waals surface area contributed by atoms with Gasteiger partial charge in [0.05, 0.1) is 16.6 Å². The van der Waals surface area contributed by atoms with Crippen LogP contribution in [0.2, 0.25) is 5.02 Å². The van der Waals surface area contributed by atoms with E-state index in [-0.39, 0.29) is 34.2 Å². The van der Waals surface area contributed by atoms with Gasteiger partial charge in [-0.2, -0.15) is 0 Å². The molecule has 2 rings (SSSR count). The summed E-state index contributed by atoms with van der Waals surface area (Å²) in [6.07, 6.45) is 0. The van der Waals surface area contributed by atoms with Gasteiger partial charge in [0.1, 0.15) is 18.2 Å². The summed E-state index contributed by atoms with van der Waals surface area (Å²) in [7, 11) is 0. The van der Waals surface area contributed by atoms with Crippen LogP contribution in [0.5, 0.6) is 5.75 Å². The van der Waals surface area contributed by atoms with Crippen LogP contribution in [0, 0.1) is 15.9 Å². The summed E-state index contributed by atoms with van der Waals surface area (Å²) in [4.78, 5) is 10.1. The van der Waals surface area contributed by atoms with Gasteiger partial charge in [0, 0.05) is 23.3 Å². The van der Waals surface area contributed by atoms with E-state index in [0.29, 0.717) is 0 Å². The van der Waals surface area contributed by atoms with E-state index >= 15 is 0 Å². The molecule has 0 heterocycles. The number of benzene rings is 2. The number of halogens is 2. The van der Waals surface area contributed by atoms with Gasteiger partial charge in [0.25, 0.3) is 5.69 Å². The molecule has 0 aliphatic heterocycles. The Morgan fingerprint density at radius 3 is 2.71 bits per heavy atom. The molecule has 0 unspecified atom stereocenters. The Morgan fingerprint density at radius 2 is 2.10 bits per heavy atom. The molecule has 0 aromatic heterocycles. The van der Waals surface area contributed by atoms with E-state index in [1.807, 2.05) is 0 Å². The summed E-state index contributed by atoms with van der Waals surface area (Å²) in [5.41, 5.74) is 0.272. The Morgan fingerprint density at radius 1 is 1.33 bits per heavy atom. The fourth-order valence-corrected chi connectivity index (χ4v) is 1.98. The third kappa shape index (κ3) is 3.48. The predicted octanol–water partition coefficient (Wildman–Crippen LogP) is 3.46. The van der Waals surface area contributed by atoms with Crippen LogP contribution in [0.1, 0.15) is 11.1 Å². The molecule has 110 valence electrons. The van der Waals surface area contributed by atoms with E-state index in [1.54, 1.807) is 0 Å². The van der Waals surface area contributed by atoms with Gasteiger partial charge in [-0.05, 0) is 18.2 Å². The van der Waals surface area contributed by atoms with Gasteiger partial charge in [-0.15, -0.1) is 0 Å². The molecule has 1 N–H and O–H groups in total. The summed E-state index contributed by atoms with van der Waals surface area (Å²) in [6, 6.07) is 8.08. The van der Waals surface area contributed by atoms with Crippen LogP contribution < -0.4 is 4.74 Å². The lowest BCUT2D eigenvalue weighted by atomic mass is 10.2. The summed E-state index contributed by atoms with van der Waals surface area (Å²) in [6.45, 7) is -0.571. The number of rotatable bonds is 5. The molecule has 2 aromatic carbocycles. The van der Waals surface area contributed by atoms with Crippen LogP contribution in [-0.4, -0.2) is 10.0 Å². The van der Waals surface area contributed by atoms with Crippen LogP contribution in [0.4, 0.5) is 10.1 Å². The number of nitro benzene ring substituents is 1. The number of aliphatic hydroxyl groups excluding tert-OH is 1. The summed E-state index contributed by atoms with van der Waals surface area (Å²) >= 11 is 5.88. The van der Waals surface area contributed by atoms with E-state index in [9.17, 15) is 19.6 Å². The first-order valence-corrected chi connectivity index (χ1v) is 6.34. The maximum Gasteiger partial charge on any atom is 0.270 e. The molecule has 0 atom stereocenters. The van der Waals surface area contributed by atoms with Crippen LogP contribution >= 0.6 is 11.6 Å². The van der Waals surface area contributed by atoms with Crippen molar-refractivity contribution in [1.82, 2.24) is 0 Å². The van der Waals surface area contributed by atoms with Crippen LogP contribution in [0.3, 0.4) is 0 Å². The van der Waals surface area contributed by atoms with Crippen molar-refractivity contribution in [2.75, 3.05) is 0 Å². The highest BCUT2D eigenvalue weighted by Gasteiger charge is 2.13. The number of nitro groups is 1. The molecule has 0 saturated heterocycles. The highest BCUT2D eigenvalue weighted by atomic mass is 35.5. The first-order chi connectivity index (χ1) is 10.0. The second kappa shape index (κ2) is 6.51. The molecule has 0 spiro atoms. The molecule has 0 fully saturated rings. The fraction of sp³-hybridized carbons (Fsp3) is 0.143. The Kier molecular flexibility index (Phi) is 4.72. The molecular weight excluding hydrogens is 301 g/mol. The van der Waals surface area contributed by atoms with Crippen molar-refractivity contribution in [2.45, 2.75) is 13.2 Å². The average Bonchev–Trinajstić information content (AvgIpc) is 2.46. The zero-order chi connectivity index (χ0) is 15.4. The van der Waals surface area contributed by atoms with Crippen molar-refractivity contribution >= 4 is 17.3 Å². The quantitative estimate of drug-likeness (QED) is 0.678. The topological polar surface area (TPSA) is 72.6 Å². The minimum absolute atomic E-state index is 0.143. The monoisotopic (exact) mass is 311 g/mol. The van der Waals surface area contributed by atoms with E-state index in [1.165, 1.54) is 36.4 Å². The largest absolute Gasteiger partial charge is 0.488 e. The Hall–Kier alpha value is -2.18. The maximum atomic E-state index is 13.6. The number of ether oxygens (including phenoxy) is 1. The number of aliphatic hydroxyl groups is 1. The first kappa shape index (κ1) is 15.2. The molecular formula is C14H11ClFNO4. The lowest BCUT2D eigenvalue weighted by Gasteiger charge is -2.11. The first-order valence-electron chi connectivity index (χ1n) is 5.96. The molecule has 0 aliphatic rings. The van der Waals surface area contributed by atoms with Crippen molar-refractivity contribution in [3.63, 3.8) is 0 Å². The van der Waals surface area contributed by atoms with Gasteiger partial charge in [0.2, 0.25) is 0 Å². The second-order valence-corrected chi connectivity index (χ2v) is 4.60. The maximum absolute atomic E-state index is 13.6. The summed E-state index contributed by atoms with van der Waals surface area (Å²) < 4.78 is 19.0. The minimum atomic E-state index is -0.573. The third-order valence-corrected chi connectivity index (χ3v) is 3.21. The van der Waals surface area contributed by atoms with Crippen LogP contribution in [0.15, 0.2) is 36.4 Å². The molecule has 2 aromatic rings. The van der Waals surface area contributed by atoms with Crippen molar-refractivity contribution in [3.8, 4) is 5.75 Å². The van der Waals surface area contributed by atoms with E-state index in [4.69, 9.17) is 16.3 Å². The predicted molar refractivity (Wildman–Crippen MR) is 74.8 cm³/mol. The SMILES string of the molecule is O=[N+]([O-])c1ccc(OCc2c(F)cccc2Cl)c(CO)c1. The Balaban J connectivity index is 2.22. The van der Waals surface area contributed by atoms with Gasteiger partial charge in [-0.1, -0.05) is 17.7 Å². The van der Waals surface area contributed by atoms with Crippen molar-refractivity contribution in [1.29, 1.82) is 0 Å². The smallest absolute Gasteiger partial charge is 0.270 e. The summed E-state index contributed by atoms with van der Waals surface area (Å²) in [5, 5.41) is 20.1. The van der Waals surface area contributed by atoms with Gasteiger partial charge < -0.3 is 9.84 Å². The average molecular weight is 312 g/mol. The van der Waals surface area contributed by atoms with Gasteiger partial charge in [-0.25, -0.2) is 4.39 Å². The van der Waals surface area contributed by atoms with Crippen molar-refractivity contribution in [3.05, 3.63) is 68.5 Å². The molecule has 7 heteroatoms. The highest BCUT2D eigenvalue weighted by molar-refractivity contribution is 6.31. The minimum Gasteiger partial charge on any atom is -0.488 e. The Bertz CT molecular complexity index is 658. The lowest BCUT2D eigenvalue weighted by molar-refractivity contribution is -0.385. The van der Waals surface area contributed by atoms with E-state index in [2.05, 4.69) is 0 Å². The fourth-order valence-electron chi connectivity index (χ4n) is 1.76. The van der Waals surface area contributed by atoms with E-state index < -0.39 is 17.3 Å². The molecule has 0 bridgehead atoms. The number of hydrogen-bond donors (Lipinski definition) is 1. The summed E-state index contributed by atoms with van der Waals surface area (Å²) in [5.74, 6) is -0.266. The van der Waals surface area contributed by atoms with Gasteiger partial charge in [0.15, 0.2) is 0 Å². The van der Waals surface area contributed by atoms with Gasteiger partial charge >= 0.3 is 0 Å². The zero-order valence-electron chi connectivity index (χ0n) is 10.8. The van der Waals surface area contributed by atoms with Gasteiger partial charge in [-0.3, -0.25) is 10.1 Å². The molecule has 21 heavy (non-hydrogen) atoms. The highest BCUT2D eigenvalue weighted by Crippen LogP contribution is 2.27. The third-order valence-electron chi connectivity index (χ3n) is 2.86. The van der Waals surface area contributed by atoms with Crippen molar-refractivity contribution < 1.29 is 19.2 Å². The normalized spacial score (nSPS) is 10.4. The van der Waals surface area contributed by atoms with Crippen LogP contribution in [-0.2, 0) is 13.2 Å². The molecule has 0 saturated carbocycles. The zero-order valence-corrected chi connectivity index (χ0v) is 11.5. The number of nitrogens with zero attached hydrogens (tertiary/aromatic N) is 1. The Labute approximate surface area is 124 Å². The molecule has 5 nitrogen and oxygen atoms in total.